The first-order valence-electron chi connectivity index (χ1n) is 13.3. The maximum atomic E-state index is 15.2. The van der Waals surface area contributed by atoms with Crippen LogP contribution in [0.1, 0.15) is 59.7 Å². The highest BCUT2D eigenvalue weighted by Gasteiger charge is 2.46. The van der Waals surface area contributed by atoms with Crippen LogP contribution in [0.4, 0.5) is 15.0 Å². The molecule has 216 valence electrons. The third-order valence-corrected chi connectivity index (χ3v) is 6.18. The van der Waals surface area contributed by atoms with Crippen molar-refractivity contribution in [2.75, 3.05) is 18.5 Å². The highest BCUT2D eigenvalue weighted by molar-refractivity contribution is 5.70. The number of carbonyl (C=O) groups is 1. The Morgan fingerprint density at radius 2 is 1.93 bits per heavy atom. The lowest BCUT2D eigenvalue weighted by atomic mass is 10.1. The smallest absolute Gasteiger partial charge is 0.413 e. The molecule has 11 heteroatoms. The van der Waals surface area contributed by atoms with E-state index in [0.717, 1.165) is 5.69 Å². The number of anilines is 1. The summed E-state index contributed by atoms with van der Waals surface area (Å²) in [6.07, 6.45) is -0.514. The summed E-state index contributed by atoms with van der Waals surface area (Å²) in [5, 5.41) is 7.36. The molecule has 0 radical (unpaired) electrons. The van der Waals surface area contributed by atoms with Gasteiger partial charge >= 0.3 is 6.09 Å². The molecular formula is C29H38FN5O5. The Balaban J connectivity index is 1.51. The van der Waals surface area contributed by atoms with Crippen LogP contribution in [0.3, 0.4) is 0 Å². The van der Waals surface area contributed by atoms with Gasteiger partial charge in [-0.2, -0.15) is 4.98 Å². The van der Waals surface area contributed by atoms with Gasteiger partial charge in [0.05, 0.1) is 12.6 Å². The number of amides is 1. The lowest BCUT2D eigenvalue weighted by molar-refractivity contribution is -0.0637. The molecule has 1 aliphatic rings. The van der Waals surface area contributed by atoms with E-state index in [9.17, 15) is 4.79 Å². The van der Waals surface area contributed by atoms with E-state index >= 15 is 4.39 Å². The molecule has 1 saturated heterocycles. The van der Waals surface area contributed by atoms with Gasteiger partial charge in [-0.25, -0.2) is 14.2 Å². The highest BCUT2D eigenvalue weighted by atomic mass is 19.1. The van der Waals surface area contributed by atoms with Crippen molar-refractivity contribution in [2.24, 2.45) is 0 Å². The summed E-state index contributed by atoms with van der Waals surface area (Å²) in [6.45, 7) is 17.0. The van der Waals surface area contributed by atoms with Crippen molar-refractivity contribution in [2.45, 2.75) is 85.7 Å². The summed E-state index contributed by atoms with van der Waals surface area (Å²) in [5.41, 5.74) is 1.13. The van der Waals surface area contributed by atoms with Crippen LogP contribution in [0, 0.1) is 19.7 Å². The predicted octanol–water partition coefficient (Wildman–Crippen LogP) is 6.13. The first-order valence-corrected chi connectivity index (χ1v) is 13.3. The van der Waals surface area contributed by atoms with E-state index in [1.807, 2.05) is 39.8 Å². The van der Waals surface area contributed by atoms with E-state index < -0.39 is 29.3 Å². The van der Waals surface area contributed by atoms with Gasteiger partial charge in [-0.1, -0.05) is 5.16 Å². The number of carbonyl (C=O) groups excluding carboxylic acids is 1. The molecule has 0 saturated carbocycles. The number of nitrogens with one attached hydrogen (secondary N) is 1. The van der Waals surface area contributed by atoms with Crippen molar-refractivity contribution < 1.29 is 27.9 Å². The molecule has 4 rings (SSSR count). The highest BCUT2D eigenvalue weighted by Crippen LogP contribution is 2.33. The van der Waals surface area contributed by atoms with Gasteiger partial charge in [0.1, 0.15) is 23.8 Å². The average molecular weight is 556 g/mol. The molecule has 0 spiro atoms. The summed E-state index contributed by atoms with van der Waals surface area (Å²) in [5.74, 6) is 0.728. The van der Waals surface area contributed by atoms with Crippen molar-refractivity contribution in [1.29, 1.82) is 0 Å². The van der Waals surface area contributed by atoms with Gasteiger partial charge in [0.2, 0.25) is 5.82 Å². The zero-order chi connectivity index (χ0) is 29.4. The Bertz CT molecular complexity index is 1380. The second kappa shape index (κ2) is 11.0. The Labute approximate surface area is 234 Å². The number of nitrogens with zero attached hydrogens (tertiary/aromatic N) is 4. The molecular weight excluding hydrogens is 517 g/mol. The number of aryl methyl sites for hydroxylation is 2. The van der Waals surface area contributed by atoms with E-state index in [0.29, 0.717) is 28.4 Å². The maximum absolute atomic E-state index is 15.2. The number of hydrogen-bond donors (Lipinski definition) is 1. The number of rotatable bonds is 7. The van der Waals surface area contributed by atoms with Crippen LogP contribution in [0.15, 0.2) is 28.8 Å². The fourth-order valence-corrected chi connectivity index (χ4v) is 4.49. The molecule has 0 aliphatic carbocycles. The number of pyridine rings is 1. The summed E-state index contributed by atoms with van der Waals surface area (Å²) >= 11 is 0. The standard InChI is InChI=1S/C29H38FN5O5/c1-16(2)31-24-12-19(11-18(4)32-24)26-33-25(34-40-26)21-13-22(30)23(10-17(21)3)37-14-20-15-38-29(8,9)35(20)27(36)39-28(5,6)7/h10-13,16,20H,14-15H2,1-9H3,(H,31,32)/t20-/m0/s1. The minimum absolute atomic E-state index is 0.0267. The molecule has 10 nitrogen and oxygen atoms in total. The van der Waals surface area contributed by atoms with E-state index in [1.54, 1.807) is 40.7 Å². The van der Waals surface area contributed by atoms with Gasteiger partial charge < -0.3 is 24.1 Å². The summed E-state index contributed by atoms with van der Waals surface area (Å²) in [4.78, 5) is 23.4. The minimum atomic E-state index is -0.885. The third kappa shape index (κ3) is 6.70. The van der Waals surface area contributed by atoms with E-state index in [2.05, 4.69) is 20.4 Å². The van der Waals surface area contributed by atoms with Gasteiger partial charge in [0.25, 0.3) is 5.89 Å². The Morgan fingerprint density at radius 1 is 1.20 bits per heavy atom. The van der Waals surface area contributed by atoms with Crippen LogP contribution in [-0.2, 0) is 9.47 Å². The van der Waals surface area contributed by atoms with Gasteiger partial charge in [0, 0.05) is 22.9 Å². The molecule has 3 aromatic rings. The number of benzene rings is 1. The average Bonchev–Trinajstić information content (AvgIpc) is 3.41. The fraction of sp³-hybridized carbons (Fsp3) is 0.517. The van der Waals surface area contributed by atoms with E-state index in [4.69, 9.17) is 18.7 Å². The zero-order valence-corrected chi connectivity index (χ0v) is 24.6. The van der Waals surface area contributed by atoms with Crippen LogP contribution >= 0.6 is 0 Å². The Morgan fingerprint density at radius 3 is 2.60 bits per heavy atom. The van der Waals surface area contributed by atoms with Crippen molar-refractivity contribution in [3.05, 3.63) is 41.3 Å². The number of aromatic nitrogens is 3. The van der Waals surface area contributed by atoms with Crippen LogP contribution < -0.4 is 10.1 Å². The zero-order valence-electron chi connectivity index (χ0n) is 24.6. The summed E-state index contributed by atoms with van der Waals surface area (Å²) in [7, 11) is 0. The van der Waals surface area contributed by atoms with Crippen LogP contribution in [-0.4, -0.2) is 62.7 Å². The number of hydrogen-bond acceptors (Lipinski definition) is 9. The lowest BCUT2D eigenvalue weighted by Crippen LogP contribution is -2.51. The van der Waals surface area contributed by atoms with Crippen molar-refractivity contribution in [3.8, 4) is 28.6 Å². The van der Waals surface area contributed by atoms with Crippen molar-refractivity contribution >= 4 is 11.9 Å². The first-order chi connectivity index (χ1) is 18.6. The minimum Gasteiger partial charge on any atom is -0.488 e. The predicted molar refractivity (Wildman–Crippen MR) is 149 cm³/mol. The van der Waals surface area contributed by atoms with Gasteiger partial charge in [-0.3, -0.25) is 4.90 Å². The maximum Gasteiger partial charge on any atom is 0.413 e. The molecule has 3 heterocycles. The van der Waals surface area contributed by atoms with Crippen molar-refractivity contribution in [3.63, 3.8) is 0 Å². The second-order valence-electron chi connectivity index (χ2n) is 11.8. The Hall–Kier alpha value is -3.73. The van der Waals surface area contributed by atoms with Crippen LogP contribution in [0.25, 0.3) is 22.8 Å². The second-order valence-corrected chi connectivity index (χ2v) is 11.8. The molecule has 1 aromatic carbocycles. The quantitative estimate of drug-likeness (QED) is 0.368. The normalized spacial score (nSPS) is 16.9. The molecule has 2 aromatic heterocycles. The van der Waals surface area contributed by atoms with E-state index in [-0.39, 0.29) is 30.8 Å². The van der Waals surface area contributed by atoms with Gasteiger partial charge in [-0.15, -0.1) is 0 Å². The fourth-order valence-electron chi connectivity index (χ4n) is 4.49. The molecule has 0 bridgehead atoms. The number of halogens is 1. The van der Waals surface area contributed by atoms with Gasteiger partial charge in [-0.05, 0) is 92.1 Å². The molecule has 0 unspecified atom stereocenters. The molecule has 1 atom stereocenters. The van der Waals surface area contributed by atoms with E-state index in [1.165, 1.54) is 11.0 Å². The Kier molecular flexibility index (Phi) is 8.07. The molecule has 1 amide bonds. The van der Waals surface area contributed by atoms with Gasteiger partial charge in [0.15, 0.2) is 11.6 Å². The first kappa shape index (κ1) is 29.3. The van der Waals surface area contributed by atoms with Crippen LogP contribution in [0.5, 0.6) is 5.75 Å². The summed E-state index contributed by atoms with van der Waals surface area (Å²) in [6, 6.07) is 6.35. The lowest BCUT2D eigenvalue weighted by Gasteiger charge is -2.35. The summed E-state index contributed by atoms with van der Waals surface area (Å²) < 4.78 is 37.9. The van der Waals surface area contributed by atoms with Crippen molar-refractivity contribution in [1.82, 2.24) is 20.0 Å². The van der Waals surface area contributed by atoms with Crippen LogP contribution in [0.2, 0.25) is 0 Å². The molecule has 1 aliphatic heterocycles. The monoisotopic (exact) mass is 555 g/mol. The third-order valence-electron chi connectivity index (χ3n) is 6.18. The topological polar surface area (TPSA) is 112 Å². The SMILES string of the molecule is Cc1cc(-c2nc(-c3cc(F)c(OC[C@H]4COC(C)(C)N4C(=O)OC(C)(C)C)cc3C)no2)cc(NC(C)C)n1. The largest absolute Gasteiger partial charge is 0.488 e. The molecule has 40 heavy (non-hydrogen) atoms. The number of ether oxygens (including phenoxy) is 3. The molecule has 1 N–H and O–H groups in total. The molecule has 1 fully saturated rings.